The first-order valence-corrected chi connectivity index (χ1v) is 9.37. The molecule has 134 valence electrons. The van der Waals surface area contributed by atoms with Crippen molar-refractivity contribution in [2.45, 2.75) is 32.2 Å². The molecular weight excluding hydrogens is 312 g/mol. The summed E-state index contributed by atoms with van der Waals surface area (Å²) in [6.45, 7) is 5.58. The van der Waals surface area contributed by atoms with Crippen LogP contribution in [-0.2, 0) is 15.9 Å². The van der Waals surface area contributed by atoms with Crippen LogP contribution in [0.25, 0.3) is 10.9 Å². The van der Waals surface area contributed by atoms with Crippen molar-refractivity contribution < 1.29 is 9.47 Å². The number of rotatable bonds is 5. The van der Waals surface area contributed by atoms with Gasteiger partial charge in [0.05, 0.1) is 12.6 Å². The van der Waals surface area contributed by atoms with Crippen molar-refractivity contribution in [2.75, 3.05) is 33.6 Å². The van der Waals surface area contributed by atoms with Gasteiger partial charge in [-0.05, 0) is 43.7 Å². The van der Waals surface area contributed by atoms with Crippen LogP contribution in [0.4, 0.5) is 0 Å². The number of allylic oxidation sites excluding steroid dienone is 1. The van der Waals surface area contributed by atoms with Crippen LogP contribution in [0.2, 0.25) is 0 Å². The summed E-state index contributed by atoms with van der Waals surface area (Å²) in [5.41, 5.74) is 5.84. The topological polar surface area (TPSA) is 37.5 Å². The second-order valence-corrected chi connectivity index (χ2v) is 7.20. The number of para-hydroxylation sites is 1. The average Bonchev–Trinajstić information content (AvgIpc) is 3.03. The third-order valence-corrected chi connectivity index (χ3v) is 5.87. The number of ether oxygens (including phenoxy) is 2. The van der Waals surface area contributed by atoms with Crippen molar-refractivity contribution in [3.63, 3.8) is 0 Å². The highest BCUT2D eigenvalue weighted by molar-refractivity contribution is 5.85. The molecule has 25 heavy (non-hydrogen) atoms. The minimum absolute atomic E-state index is 0.389. The minimum atomic E-state index is 0.389. The van der Waals surface area contributed by atoms with Crippen molar-refractivity contribution in [3.8, 4) is 0 Å². The summed E-state index contributed by atoms with van der Waals surface area (Å²) < 4.78 is 10.6. The Labute approximate surface area is 149 Å². The van der Waals surface area contributed by atoms with E-state index in [0.717, 1.165) is 32.5 Å². The predicted octanol–water partition coefficient (Wildman–Crippen LogP) is 4.04. The summed E-state index contributed by atoms with van der Waals surface area (Å²) >= 11 is 0. The Balaban J connectivity index is 1.58. The number of nitrogens with zero attached hydrogens (tertiary/aromatic N) is 1. The number of hydrogen-bond acceptors (Lipinski definition) is 3. The second-order valence-electron chi connectivity index (χ2n) is 7.20. The Morgan fingerprint density at radius 3 is 3.04 bits per heavy atom. The van der Waals surface area contributed by atoms with E-state index in [1.54, 1.807) is 12.7 Å². The summed E-state index contributed by atoms with van der Waals surface area (Å²) in [7, 11) is 1.68. The molecule has 3 heterocycles. The van der Waals surface area contributed by atoms with Gasteiger partial charge < -0.3 is 14.5 Å². The highest BCUT2D eigenvalue weighted by Crippen LogP contribution is 2.43. The number of H-pyrrole nitrogens is 1. The zero-order valence-corrected chi connectivity index (χ0v) is 15.3. The van der Waals surface area contributed by atoms with Crippen molar-refractivity contribution in [1.29, 1.82) is 0 Å². The fourth-order valence-corrected chi connectivity index (χ4v) is 4.61. The number of benzene rings is 1. The number of hydrogen-bond donors (Lipinski definition) is 1. The van der Waals surface area contributed by atoms with Crippen molar-refractivity contribution >= 4 is 10.9 Å². The van der Waals surface area contributed by atoms with Gasteiger partial charge >= 0.3 is 0 Å². The molecule has 4 rings (SSSR count). The van der Waals surface area contributed by atoms with Gasteiger partial charge in [-0.15, -0.1) is 0 Å². The quantitative estimate of drug-likeness (QED) is 0.507. The first kappa shape index (κ1) is 16.8. The minimum Gasteiger partial charge on any atom is -0.359 e. The van der Waals surface area contributed by atoms with Gasteiger partial charge in [-0.1, -0.05) is 29.8 Å². The molecule has 0 spiro atoms. The van der Waals surface area contributed by atoms with Crippen LogP contribution >= 0.6 is 0 Å². The highest BCUT2D eigenvalue weighted by Gasteiger charge is 2.37. The Bertz CT molecular complexity index is 764. The molecule has 0 aliphatic carbocycles. The summed E-state index contributed by atoms with van der Waals surface area (Å²) in [6, 6.07) is 9.24. The van der Waals surface area contributed by atoms with E-state index < -0.39 is 0 Å². The maximum absolute atomic E-state index is 5.56. The fourth-order valence-electron chi connectivity index (χ4n) is 4.61. The van der Waals surface area contributed by atoms with Crippen LogP contribution in [0.15, 0.2) is 35.9 Å². The van der Waals surface area contributed by atoms with E-state index >= 15 is 0 Å². The van der Waals surface area contributed by atoms with Gasteiger partial charge in [0.25, 0.3) is 0 Å². The Morgan fingerprint density at radius 1 is 1.32 bits per heavy atom. The van der Waals surface area contributed by atoms with Crippen LogP contribution in [-0.4, -0.2) is 43.5 Å². The van der Waals surface area contributed by atoms with Gasteiger partial charge in [0.2, 0.25) is 0 Å². The molecule has 0 amide bonds. The van der Waals surface area contributed by atoms with Crippen LogP contribution in [0.3, 0.4) is 0 Å². The van der Waals surface area contributed by atoms with E-state index in [2.05, 4.69) is 47.1 Å². The molecule has 2 aliphatic rings. The number of aromatic amines is 1. The lowest BCUT2D eigenvalue weighted by Crippen LogP contribution is -2.42. The molecule has 1 aromatic heterocycles. The van der Waals surface area contributed by atoms with Gasteiger partial charge in [0.15, 0.2) is 0 Å². The molecule has 0 saturated carbocycles. The van der Waals surface area contributed by atoms with E-state index in [9.17, 15) is 0 Å². The lowest BCUT2D eigenvalue weighted by Gasteiger charge is -2.43. The summed E-state index contributed by atoms with van der Waals surface area (Å²) in [5.74, 6) is 0.598. The monoisotopic (exact) mass is 340 g/mol. The van der Waals surface area contributed by atoms with E-state index in [1.807, 2.05) is 0 Å². The first-order valence-electron chi connectivity index (χ1n) is 9.37. The molecule has 1 fully saturated rings. The second kappa shape index (κ2) is 7.32. The zero-order valence-electron chi connectivity index (χ0n) is 15.3. The number of piperidine rings is 1. The highest BCUT2D eigenvalue weighted by atomic mass is 16.7. The third kappa shape index (κ3) is 3.14. The summed E-state index contributed by atoms with van der Waals surface area (Å²) in [6.07, 6.45) is 5.71. The van der Waals surface area contributed by atoms with Crippen molar-refractivity contribution in [2.24, 2.45) is 5.92 Å². The molecule has 2 aliphatic heterocycles. The summed E-state index contributed by atoms with van der Waals surface area (Å²) in [5, 5.41) is 1.41. The molecule has 2 aromatic rings. The number of aromatic nitrogens is 1. The molecule has 0 unspecified atom stereocenters. The first-order chi connectivity index (χ1) is 12.3. The largest absolute Gasteiger partial charge is 0.359 e. The molecule has 4 nitrogen and oxygen atoms in total. The van der Waals surface area contributed by atoms with Crippen LogP contribution in [0.1, 0.15) is 37.1 Å². The Morgan fingerprint density at radius 2 is 2.20 bits per heavy atom. The maximum atomic E-state index is 5.56. The van der Waals surface area contributed by atoms with E-state index in [4.69, 9.17) is 9.47 Å². The van der Waals surface area contributed by atoms with Crippen LogP contribution < -0.4 is 0 Å². The molecule has 2 atom stereocenters. The molecule has 1 N–H and O–H groups in total. The smallest absolute Gasteiger partial charge is 0.146 e. The van der Waals surface area contributed by atoms with E-state index in [-0.39, 0.29) is 0 Å². The number of nitrogens with one attached hydrogen (secondary N) is 1. The molecule has 1 aromatic carbocycles. The molecule has 0 radical (unpaired) electrons. The average molecular weight is 340 g/mol. The SMILES string of the molecule is C/C=C1/CN2CCc3c([nH]c4ccccc34)[C@@H]2C[C@H]1CCOCOC. The molecular formula is C21H28N2O2. The van der Waals surface area contributed by atoms with Gasteiger partial charge in [-0.25, -0.2) is 0 Å². The van der Waals surface area contributed by atoms with E-state index in [0.29, 0.717) is 18.8 Å². The standard InChI is InChI=1S/C21H28N2O2/c1-3-15-13-23-10-8-18-17-6-4-5-7-19(17)22-21(18)20(23)12-16(15)9-11-25-14-24-2/h3-7,16,20,22H,8-14H2,1-2H3/b15-3-/t16-,20+/m1/s1. The normalized spacial score (nSPS) is 25.3. The molecule has 4 heteroatoms. The zero-order chi connectivity index (χ0) is 17.2. The lowest BCUT2D eigenvalue weighted by molar-refractivity contribution is -0.0355. The van der Waals surface area contributed by atoms with Crippen LogP contribution in [0, 0.1) is 5.92 Å². The third-order valence-electron chi connectivity index (χ3n) is 5.87. The fraction of sp³-hybridized carbons (Fsp3) is 0.524. The summed E-state index contributed by atoms with van der Waals surface area (Å²) in [4.78, 5) is 6.38. The lowest BCUT2D eigenvalue weighted by atomic mass is 9.80. The molecule has 0 bridgehead atoms. The predicted molar refractivity (Wildman–Crippen MR) is 101 cm³/mol. The maximum Gasteiger partial charge on any atom is 0.146 e. The van der Waals surface area contributed by atoms with Gasteiger partial charge in [-0.2, -0.15) is 0 Å². The van der Waals surface area contributed by atoms with E-state index in [1.165, 1.54) is 28.6 Å². The van der Waals surface area contributed by atoms with Crippen molar-refractivity contribution in [3.05, 3.63) is 47.2 Å². The van der Waals surface area contributed by atoms with Crippen LogP contribution in [0.5, 0.6) is 0 Å². The van der Waals surface area contributed by atoms with Crippen molar-refractivity contribution in [1.82, 2.24) is 9.88 Å². The van der Waals surface area contributed by atoms with Gasteiger partial charge in [0.1, 0.15) is 6.79 Å². The van der Waals surface area contributed by atoms with Gasteiger partial charge in [0, 0.05) is 36.8 Å². The Kier molecular flexibility index (Phi) is 4.93. The number of methoxy groups -OCH3 is 1. The number of fused-ring (bicyclic) bond motifs is 5. The van der Waals surface area contributed by atoms with Gasteiger partial charge in [-0.3, -0.25) is 4.90 Å². The molecule has 1 saturated heterocycles. The Hall–Kier alpha value is -1.62.